The molecule has 0 amide bonds. The highest BCUT2D eigenvalue weighted by atomic mass is 16.6. The highest BCUT2D eigenvalue weighted by Gasteiger charge is 2.53. The number of phenolic OH excluding ortho intramolecular Hbond substituents is 1. The molecule has 4 aromatic rings. The van der Waals surface area contributed by atoms with Crippen LogP contribution in [-0.2, 0) is 16.9 Å². The zero-order valence-electron chi connectivity index (χ0n) is 16.9. The van der Waals surface area contributed by atoms with E-state index in [4.69, 9.17) is 14.2 Å². The van der Waals surface area contributed by atoms with Crippen LogP contribution in [0.25, 0.3) is 0 Å². The number of carbonyl (C=O) groups excluding carboxylic acids is 1. The lowest BCUT2D eigenvalue weighted by Gasteiger charge is -2.36. The Labute approximate surface area is 184 Å². The van der Waals surface area contributed by atoms with E-state index in [2.05, 4.69) is 0 Å². The fourth-order valence-corrected chi connectivity index (χ4v) is 4.48. The first-order valence-corrected chi connectivity index (χ1v) is 10.3. The van der Waals surface area contributed by atoms with Gasteiger partial charge in [-0.3, -0.25) is 0 Å². The third kappa shape index (κ3) is 2.68. The average Bonchev–Trinajstić information content (AvgIpc) is 3.11. The van der Waals surface area contributed by atoms with Gasteiger partial charge in [-0.15, -0.1) is 0 Å². The van der Waals surface area contributed by atoms with E-state index in [9.17, 15) is 9.90 Å². The third-order valence-electron chi connectivity index (χ3n) is 5.92. The van der Waals surface area contributed by atoms with Crippen LogP contribution in [0.3, 0.4) is 0 Å². The SMILES string of the molecule is O=C1OC2(c3ccc(O)cc3Oc3cc(OCc4ccccc4)ccc32)c2ccccc21. The summed E-state index contributed by atoms with van der Waals surface area (Å²) in [5, 5.41) is 10.1. The molecule has 1 N–H and O–H groups in total. The van der Waals surface area contributed by atoms with Crippen LogP contribution >= 0.6 is 0 Å². The van der Waals surface area contributed by atoms with E-state index >= 15 is 0 Å². The van der Waals surface area contributed by atoms with Gasteiger partial charge >= 0.3 is 5.97 Å². The maximum atomic E-state index is 12.8. The molecule has 0 saturated heterocycles. The molecule has 1 unspecified atom stereocenters. The predicted molar refractivity (Wildman–Crippen MR) is 117 cm³/mol. The van der Waals surface area contributed by atoms with E-state index in [-0.39, 0.29) is 5.75 Å². The highest BCUT2D eigenvalue weighted by molar-refractivity contribution is 5.97. The van der Waals surface area contributed by atoms with E-state index in [1.807, 2.05) is 60.7 Å². The zero-order valence-corrected chi connectivity index (χ0v) is 16.9. The normalized spacial score (nSPS) is 17.7. The molecule has 0 aromatic heterocycles. The van der Waals surface area contributed by atoms with Crippen LogP contribution in [0.2, 0.25) is 0 Å². The molecule has 0 radical (unpaired) electrons. The lowest BCUT2D eigenvalue weighted by atomic mass is 9.77. The van der Waals surface area contributed by atoms with Gasteiger partial charge in [-0.05, 0) is 35.9 Å². The topological polar surface area (TPSA) is 65.0 Å². The summed E-state index contributed by atoms with van der Waals surface area (Å²) in [7, 11) is 0. The molecule has 1 atom stereocenters. The molecule has 5 heteroatoms. The first-order chi connectivity index (χ1) is 15.6. The van der Waals surface area contributed by atoms with E-state index in [0.29, 0.717) is 40.5 Å². The van der Waals surface area contributed by atoms with E-state index in [1.54, 1.807) is 24.3 Å². The Bertz CT molecular complexity index is 1360. The minimum absolute atomic E-state index is 0.0661. The number of hydrogen-bond acceptors (Lipinski definition) is 5. The maximum absolute atomic E-state index is 12.8. The summed E-state index contributed by atoms with van der Waals surface area (Å²) in [5.74, 6) is 1.25. The number of rotatable bonds is 3. The Morgan fingerprint density at radius 2 is 1.50 bits per heavy atom. The molecule has 1 spiro atoms. The summed E-state index contributed by atoms with van der Waals surface area (Å²) in [6, 6.07) is 27.6. The van der Waals surface area contributed by atoms with Crippen LogP contribution < -0.4 is 9.47 Å². The Morgan fingerprint density at radius 1 is 0.781 bits per heavy atom. The second-order valence-corrected chi connectivity index (χ2v) is 7.83. The average molecular weight is 422 g/mol. The highest BCUT2D eigenvalue weighted by Crippen LogP contribution is 2.56. The summed E-state index contributed by atoms with van der Waals surface area (Å²) in [5.41, 5.74) is 2.54. The van der Waals surface area contributed by atoms with Gasteiger partial charge in [0.1, 0.15) is 29.6 Å². The molecule has 32 heavy (non-hydrogen) atoms. The molecule has 2 aliphatic rings. The van der Waals surface area contributed by atoms with E-state index in [0.717, 1.165) is 11.1 Å². The van der Waals surface area contributed by atoms with Crippen LogP contribution in [0.4, 0.5) is 0 Å². The summed E-state index contributed by atoms with van der Waals surface area (Å²) < 4.78 is 18.2. The van der Waals surface area contributed by atoms with Crippen molar-refractivity contribution in [3.63, 3.8) is 0 Å². The Balaban J connectivity index is 1.49. The van der Waals surface area contributed by atoms with E-state index < -0.39 is 11.6 Å². The lowest BCUT2D eigenvalue weighted by Crippen LogP contribution is -2.32. The van der Waals surface area contributed by atoms with Gasteiger partial charge in [0.15, 0.2) is 5.60 Å². The van der Waals surface area contributed by atoms with Gasteiger partial charge in [-0.25, -0.2) is 4.79 Å². The van der Waals surface area contributed by atoms with Gasteiger partial charge < -0.3 is 19.3 Å². The smallest absolute Gasteiger partial charge is 0.340 e. The number of carbonyl (C=O) groups is 1. The minimum Gasteiger partial charge on any atom is -0.508 e. The molecule has 4 aromatic carbocycles. The summed E-state index contributed by atoms with van der Waals surface area (Å²) in [6.07, 6.45) is 0. The molecule has 2 aliphatic heterocycles. The van der Waals surface area contributed by atoms with Crippen molar-refractivity contribution in [3.8, 4) is 23.0 Å². The molecule has 0 bridgehead atoms. The predicted octanol–water partition coefficient (Wildman–Crippen LogP) is 5.54. The second kappa shape index (κ2) is 6.89. The van der Waals surface area contributed by atoms with Gasteiger partial charge in [0.05, 0.1) is 5.56 Å². The van der Waals surface area contributed by atoms with Crippen molar-refractivity contribution in [2.45, 2.75) is 12.2 Å². The number of aromatic hydroxyl groups is 1. The second-order valence-electron chi connectivity index (χ2n) is 7.83. The van der Waals surface area contributed by atoms with Gasteiger partial charge in [0, 0.05) is 28.8 Å². The Hall–Kier alpha value is -4.25. The maximum Gasteiger partial charge on any atom is 0.340 e. The number of hydrogen-bond donors (Lipinski definition) is 1. The van der Waals surface area contributed by atoms with Crippen LogP contribution in [-0.4, -0.2) is 11.1 Å². The van der Waals surface area contributed by atoms with Crippen LogP contribution in [0.1, 0.15) is 32.6 Å². The molecular weight excluding hydrogens is 404 g/mol. The number of phenols is 1. The first kappa shape index (κ1) is 18.5. The molecule has 156 valence electrons. The molecule has 5 nitrogen and oxygen atoms in total. The van der Waals surface area contributed by atoms with Gasteiger partial charge in [0.25, 0.3) is 0 Å². The number of fused-ring (bicyclic) bond motifs is 6. The zero-order chi connectivity index (χ0) is 21.7. The van der Waals surface area contributed by atoms with Crippen molar-refractivity contribution < 1.29 is 24.1 Å². The first-order valence-electron chi connectivity index (χ1n) is 10.3. The summed E-state index contributed by atoms with van der Waals surface area (Å²) in [4.78, 5) is 12.8. The van der Waals surface area contributed by atoms with Crippen LogP contribution in [0.15, 0.2) is 91.0 Å². The third-order valence-corrected chi connectivity index (χ3v) is 5.92. The van der Waals surface area contributed by atoms with Crippen molar-refractivity contribution in [2.24, 2.45) is 0 Å². The molecule has 0 saturated carbocycles. The van der Waals surface area contributed by atoms with Crippen molar-refractivity contribution in [3.05, 3.63) is 119 Å². The molecule has 6 rings (SSSR count). The largest absolute Gasteiger partial charge is 0.508 e. The van der Waals surface area contributed by atoms with Gasteiger partial charge in [0.2, 0.25) is 0 Å². The molecule has 0 aliphatic carbocycles. The standard InChI is InChI=1S/C27H18O5/c28-18-10-12-22-24(14-18)31-25-15-19(30-16-17-6-2-1-3-7-17)11-13-23(25)27(22)21-9-5-4-8-20(21)26(29)32-27/h1-15,28H,16H2. The summed E-state index contributed by atoms with van der Waals surface area (Å²) in [6.45, 7) is 0.417. The number of benzene rings is 4. The van der Waals surface area contributed by atoms with Gasteiger partial charge in [-0.1, -0.05) is 48.5 Å². The number of ether oxygens (including phenoxy) is 3. The Morgan fingerprint density at radius 3 is 2.34 bits per heavy atom. The fourth-order valence-electron chi connectivity index (χ4n) is 4.48. The van der Waals surface area contributed by atoms with Crippen LogP contribution in [0.5, 0.6) is 23.0 Å². The number of esters is 1. The molecule has 0 fully saturated rings. The van der Waals surface area contributed by atoms with Crippen molar-refractivity contribution >= 4 is 5.97 Å². The quantitative estimate of drug-likeness (QED) is 0.439. The van der Waals surface area contributed by atoms with Crippen molar-refractivity contribution in [1.29, 1.82) is 0 Å². The molecule has 2 heterocycles. The molecular formula is C27H18O5. The Kier molecular flexibility index (Phi) is 3.98. The monoisotopic (exact) mass is 422 g/mol. The van der Waals surface area contributed by atoms with Crippen molar-refractivity contribution in [1.82, 2.24) is 0 Å². The minimum atomic E-state index is -1.15. The van der Waals surface area contributed by atoms with Crippen molar-refractivity contribution in [2.75, 3.05) is 0 Å². The van der Waals surface area contributed by atoms with E-state index in [1.165, 1.54) is 6.07 Å². The summed E-state index contributed by atoms with van der Waals surface area (Å²) >= 11 is 0. The van der Waals surface area contributed by atoms with Crippen LogP contribution in [0, 0.1) is 0 Å². The lowest BCUT2D eigenvalue weighted by molar-refractivity contribution is 0.0224. The fraction of sp³-hybridized carbons (Fsp3) is 0.0741. The van der Waals surface area contributed by atoms with Gasteiger partial charge in [-0.2, -0.15) is 0 Å².